The summed E-state index contributed by atoms with van der Waals surface area (Å²) in [6.07, 6.45) is 56.7. The molecule has 0 saturated heterocycles. The van der Waals surface area contributed by atoms with E-state index in [1.54, 1.807) is 0 Å². The normalized spacial score (nSPS) is 12.5. The Morgan fingerprint density at radius 1 is 0.491 bits per heavy atom. The van der Waals surface area contributed by atoms with Gasteiger partial charge in [-0.3, -0.25) is 14.4 Å². The van der Waals surface area contributed by atoms with Gasteiger partial charge in [0.15, 0.2) is 0 Å². The van der Waals surface area contributed by atoms with E-state index in [1.807, 2.05) is 0 Å². The molecular weight excluding hydrogens is 683 g/mol. The molecule has 0 fully saturated rings. The van der Waals surface area contributed by atoms with Crippen LogP contribution in [0.25, 0.3) is 0 Å². The highest BCUT2D eigenvalue weighted by Crippen LogP contribution is 2.19. The van der Waals surface area contributed by atoms with Crippen LogP contribution < -0.4 is 5.32 Å². The molecule has 2 N–H and O–H groups in total. The number of aliphatic carboxylic acids is 1. The molecule has 0 radical (unpaired) electrons. The number of nitrogens with one attached hydrogen (secondary N) is 1. The Kier molecular flexibility index (Phi) is 42.0. The Hall–Kier alpha value is -2.63. The van der Waals surface area contributed by atoms with Crippen LogP contribution in [0.4, 0.5) is 0 Å². The molecule has 318 valence electrons. The van der Waals surface area contributed by atoms with E-state index in [1.165, 1.54) is 116 Å². The maximum Gasteiger partial charge on any atom is 0.322 e. The molecule has 1 amide bonds. The molecule has 0 aliphatic carbocycles. The van der Waals surface area contributed by atoms with Crippen LogP contribution in [-0.2, 0) is 19.1 Å². The van der Waals surface area contributed by atoms with Gasteiger partial charge in [0.25, 0.3) is 0 Å². The number of unbranched alkanes of at least 4 members (excludes halogenated alkanes) is 23. The summed E-state index contributed by atoms with van der Waals surface area (Å²) in [6.45, 7) is 4.12. The zero-order valence-corrected chi connectivity index (χ0v) is 36.0. The van der Waals surface area contributed by atoms with Gasteiger partial charge < -0.3 is 15.2 Å². The number of rotatable bonds is 42. The van der Waals surface area contributed by atoms with Crippen LogP contribution in [0.2, 0.25) is 0 Å². The maximum absolute atomic E-state index is 12.8. The summed E-state index contributed by atoms with van der Waals surface area (Å²) in [7, 11) is 0. The van der Waals surface area contributed by atoms with E-state index >= 15 is 0 Å². The topological polar surface area (TPSA) is 92.7 Å². The highest BCUT2D eigenvalue weighted by molar-refractivity contribution is 5.80. The maximum atomic E-state index is 12.8. The smallest absolute Gasteiger partial charge is 0.322 e. The minimum atomic E-state index is -1.02. The lowest BCUT2D eigenvalue weighted by Crippen LogP contribution is -2.28. The van der Waals surface area contributed by atoms with Crippen molar-refractivity contribution in [2.24, 2.45) is 0 Å². The van der Waals surface area contributed by atoms with Gasteiger partial charge in [-0.25, -0.2) is 0 Å². The molecule has 1 unspecified atom stereocenters. The van der Waals surface area contributed by atoms with E-state index in [2.05, 4.69) is 67.8 Å². The number of hydrogen-bond donors (Lipinski definition) is 2. The third-order valence-corrected chi connectivity index (χ3v) is 10.3. The fourth-order valence-corrected chi connectivity index (χ4v) is 6.86. The third-order valence-electron chi connectivity index (χ3n) is 10.3. The number of carbonyl (C=O) groups is 3. The first-order valence-electron chi connectivity index (χ1n) is 23.3. The van der Waals surface area contributed by atoms with Crippen molar-refractivity contribution in [3.63, 3.8) is 0 Å². The lowest BCUT2D eigenvalue weighted by Gasteiger charge is -2.18. The van der Waals surface area contributed by atoms with Crippen molar-refractivity contribution in [1.29, 1.82) is 0 Å². The van der Waals surface area contributed by atoms with Crippen LogP contribution in [0, 0.1) is 0 Å². The Bertz CT molecular complexity index is 984. The van der Waals surface area contributed by atoms with Gasteiger partial charge in [0.05, 0.1) is 0 Å². The van der Waals surface area contributed by atoms with Gasteiger partial charge >= 0.3 is 11.9 Å². The average Bonchev–Trinajstić information content (AvgIpc) is 3.17. The van der Waals surface area contributed by atoms with Crippen LogP contribution in [0.5, 0.6) is 0 Å². The lowest BCUT2D eigenvalue weighted by molar-refractivity contribution is -0.150. The number of allylic oxidation sites excluding steroid dienone is 8. The lowest BCUT2D eigenvalue weighted by atomic mass is 10.0. The number of carboxylic acid groups (broad SMARTS) is 1. The standard InChI is InChI=1S/C49H87NO5/c1-3-5-7-9-11-13-15-17-18-19-20-21-22-23-24-25-27-29-31-36-40-44-49(54)55-46(41-37-33-30-28-26-16-14-12-10-8-6-4-2)42-38-34-32-35-39-43-47(51)50-45-48(52)53/h5,7,11,13,17-18,20-21,46H,3-4,6,8-10,12,14-16,19,22-45H2,1-2H3,(H,50,51)(H,52,53)/b7-5-,13-11-,18-17-,21-20-. The van der Waals surface area contributed by atoms with Gasteiger partial charge in [0, 0.05) is 12.8 Å². The number of hydrogen-bond acceptors (Lipinski definition) is 4. The molecule has 6 nitrogen and oxygen atoms in total. The number of carboxylic acids is 1. The van der Waals surface area contributed by atoms with Gasteiger partial charge in [-0.1, -0.05) is 191 Å². The summed E-state index contributed by atoms with van der Waals surface area (Å²) in [6, 6.07) is 0. The van der Waals surface area contributed by atoms with Crippen LogP contribution in [-0.4, -0.2) is 35.6 Å². The van der Waals surface area contributed by atoms with E-state index in [4.69, 9.17) is 9.84 Å². The third kappa shape index (κ3) is 44.0. The Morgan fingerprint density at radius 2 is 0.891 bits per heavy atom. The fourth-order valence-electron chi connectivity index (χ4n) is 6.86. The summed E-state index contributed by atoms with van der Waals surface area (Å²) < 4.78 is 6.05. The first kappa shape index (κ1) is 52.4. The van der Waals surface area contributed by atoms with Crippen molar-refractivity contribution in [3.8, 4) is 0 Å². The summed E-state index contributed by atoms with van der Waals surface area (Å²) in [5.74, 6) is -1.23. The number of esters is 1. The van der Waals surface area contributed by atoms with Crippen LogP contribution in [0.3, 0.4) is 0 Å². The van der Waals surface area contributed by atoms with Crippen LogP contribution in [0.15, 0.2) is 48.6 Å². The van der Waals surface area contributed by atoms with Crippen molar-refractivity contribution in [3.05, 3.63) is 48.6 Å². The van der Waals surface area contributed by atoms with Crippen molar-refractivity contribution in [1.82, 2.24) is 5.32 Å². The molecule has 0 aliphatic heterocycles. The van der Waals surface area contributed by atoms with Crippen molar-refractivity contribution >= 4 is 17.8 Å². The van der Waals surface area contributed by atoms with Crippen molar-refractivity contribution in [2.75, 3.05) is 6.54 Å². The fraction of sp³-hybridized carbons (Fsp3) is 0.776. The van der Waals surface area contributed by atoms with Crippen molar-refractivity contribution < 1.29 is 24.2 Å². The molecule has 6 heteroatoms. The molecular formula is C49H87NO5. The van der Waals surface area contributed by atoms with E-state index in [0.717, 1.165) is 89.9 Å². The second-order valence-electron chi connectivity index (χ2n) is 15.6. The molecule has 1 atom stereocenters. The number of amides is 1. The summed E-state index contributed by atoms with van der Waals surface area (Å²) in [5.41, 5.74) is 0. The molecule has 0 aromatic carbocycles. The zero-order chi connectivity index (χ0) is 40.1. The van der Waals surface area contributed by atoms with Gasteiger partial charge in [-0.15, -0.1) is 0 Å². The molecule has 0 bridgehead atoms. The Labute approximate surface area is 339 Å². The minimum absolute atomic E-state index is 0.0212. The molecule has 0 saturated carbocycles. The van der Waals surface area contributed by atoms with Crippen LogP contribution >= 0.6 is 0 Å². The van der Waals surface area contributed by atoms with Crippen molar-refractivity contribution in [2.45, 2.75) is 238 Å². The quantitative estimate of drug-likeness (QED) is 0.0366. The molecule has 0 aromatic rings. The Morgan fingerprint density at radius 3 is 1.36 bits per heavy atom. The highest BCUT2D eigenvalue weighted by atomic mass is 16.5. The van der Waals surface area contributed by atoms with Gasteiger partial charge in [0.2, 0.25) is 5.91 Å². The van der Waals surface area contributed by atoms with Gasteiger partial charge in [-0.05, 0) is 77.0 Å². The second kappa shape index (κ2) is 44.1. The molecule has 0 aromatic heterocycles. The largest absolute Gasteiger partial charge is 0.480 e. The monoisotopic (exact) mass is 770 g/mol. The predicted molar refractivity (Wildman–Crippen MR) is 235 cm³/mol. The predicted octanol–water partition coefficient (Wildman–Crippen LogP) is 14.6. The van der Waals surface area contributed by atoms with Crippen LogP contribution in [0.1, 0.15) is 232 Å². The first-order chi connectivity index (χ1) is 27.0. The minimum Gasteiger partial charge on any atom is -0.480 e. The van der Waals surface area contributed by atoms with Gasteiger partial charge in [0.1, 0.15) is 12.6 Å². The van der Waals surface area contributed by atoms with E-state index < -0.39 is 5.97 Å². The van der Waals surface area contributed by atoms with E-state index in [0.29, 0.717) is 12.8 Å². The van der Waals surface area contributed by atoms with E-state index in [9.17, 15) is 14.4 Å². The highest BCUT2D eigenvalue weighted by Gasteiger charge is 2.14. The zero-order valence-electron chi connectivity index (χ0n) is 36.0. The van der Waals surface area contributed by atoms with Gasteiger partial charge in [-0.2, -0.15) is 0 Å². The molecule has 0 spiro atoms. The molecule has 0 rings (SSSR count). The Balaban J connectivity index is 4.11. The van der Waals surface area contributed by atoms with E-state index in [-0.39, 0.29) is 24.5 Å². The first-order valence-corrected chi connectivity index (χ1v) is 23.3. The molecule has 0 heterocycles. The SMILES string of the molecule is CC/C=C\C/C=C\C/C=C\C/C=C\CCCCCCCCCCC(=O)OC(CCCCCCCCCCCCCC)CCCCCCCC(=O)NCC(=O)O. The molecule has 55 heavy (non-hydrogen) atoms. The summed E-state index contributed by atoms with van der Waals surface area (Å²) in [4.78, 5) is 35.1. The summed E-state index contributed by atoms with van der Waals surface area (Å²) >= 11 is 0. The second-order valence-corrected chi connectivity index (χ2v) is 15.6. The summed E-state index contributed by atoms with van der Waals surface area (Å²) in [5, 5.41) is 11.1. The molecule has 0 aliphatic rings. The number of ether oxygens (including phenoxy) is 1. The average molecular weight is 770 g/mol. The number of carbonyl (C=O) groups excluding carboxylic acids is 2.